The number of halogens is 10. The summed E-state index contributed by atoms with van der Waals surface area (Å²) in [5.41, 5.74) is -4.49. The zero-order valence-corrected chi connectivity index (χ0v) is 24.8. The number of benzene rings is 2. The van der Waals surface area contributed by atoms with Gasteiger partial charge in [-0.1, -0.05) is 18.2 Å². The van der Waals surface area contributed by atoms with Crippen LogP contribution in [0, 0.1) is 0 Å². The Morgan fingerprint density at radius 3 is 1.98 bits per heavy atom. The van der Waals surface area contributed by atoms with Crippen LogP contribution in [0.1, 0.15) is 40.7 Å². The number of aryl methyl sites for hydroxylation is 1. The number of nitrogens with one attached hydrogen (secondary N) is 1. The second kappa shape index (κ2) is 14.2. The van der Waals surface area contributed by atoms with E-state index in [1.54, 1.807) is 0 Å². The third-order valence-corrected chi connectivity index (χ3v) is 9.10. The number of alkyl halides is 10. The largest absolute Gasteiger partial charge is 0.416 e. The van der Waals surface area contributed by atoms with Gasteiger partial charge in [-0.05, 0) is 48.2 Å². The van der Waals surface area contributed by atoms with Crippen LogP contribution < -0.4 is 5.32 Å². The second-order valence-corrected chi connectivity index (χ2v) is 12.6. The van der Waals surface area contributed by atoms with Crippen LogP contribution in [0.3, 0.4) is 0 Å². The third-order valence-electron chi connectivity index (χ3n) is 6.88. The van der Waals surface area contributed by atoms with Crippen LogP contribution in [0.4, 0.5) is 39.5 Å². The van der Waals surface area contributed by atoms with E-state index < -0.39 is 87.5 Å². The Hall–Kier alpha value is -3.05. The van der Waals surface area contributed by atoms with Crippen molar-refractivity contribution in [3.63, 3.8) is 0 Å². The van der Waals surface area contributed by atoms with E-state index >= 15 is 0 Å². The first-order valence-corrected chi connectivity index (χ1v) is 15.4. The number of carbonyl (C=O) groups excluding carboxylic acids is 2. The lowest BCUT2D eigenvalue weighted by Crippen LogP contribution is -2.61. The van der Waals surface area contributed by atoms with E-state index in [4.69, 9.17) is 11.6 Å². The van der Waals surface area contributed by atoms with Gasteiger partial charge in [0, 0.05) is 38.5 Å². The normalized spacial score (nSPS) is 16.9. The molecule has 1 atom stereocenters. The third kappa shape index (κ3) is 9.97. The summed E-state index contributed by atoms with van der Waals surface area (Å²) in [5, 5.41) is 2.17. The zero-order valence-electron chi connectivity index (χ0n) is 23.2. The van der Waals surface area contributed by atoms with E-state index in [1.165, 1.54) is 12.1 Å². The molecule has 250 valence electrons. The molecule has 1 unspecified atom stereocenters. The van der Waals surface area contributed by atoms with Crippen molar-refractivity contribution in [1.29, 1.82) is 0 Å². The molecular formula is C27H27ClF9N3O4S. The predicted octanol–water partition coefficient (Wildman–Crippen LogP) is 5.46. The molecule has 2 aromatic rings. The van der Waals surface area contributed by atoms with Crippen LogP contribution in [0.15, 0.2) is 42.5 Å². The minimum atomic E-state index is -5.13. The monoisotopic (exact) mass is 695 g/mol. The van der Waals surface area contributed by atoms with Crippen molar-refractivity contribution >= 4 is 33.4 Å². The minimum absolute atomic E-state index is 0.00117. The van der Waals surface area contributed by atoms with Crippen LogP contribution in [-0.2, 0) is 51.1 Å². The highest BCUT2D eigenvalue weighted by Gasteiger charge is 2.41. The van der Waals surface area contributed by atoms with Crippen molar-refractivity contribution in [2.45, 2.75) is 50.4 Å². The Morgan fingerprint density at radius 1 is 0.844 bits per heavy atom. The maximum Gasteiger partial charge on any atom is 0.416 e. The minimum Gasteiger partial charge on any atom is -0.351 e. The van der Waals surface area contributed by atoms with E-state index in [-0.39, 0.29) is 49.9 Å². The van der Waals surface area contributed by atoms with Crippen LogP contribution in [0.25, 0.3) is 0 Å². The summed E-state index contributed by atoms with van der Waals surface area (Å²) in [7, 11) is -4.15. The van der Waals surface area contributed by atoms with Gasteiger partial charge in [0.25, 0.3) is 0 Å². The first-order chi connectivity index (χ1) is 20.7. The van der Waals surface area contributed by atoms with Crippen LogP contribution in [0.5, 0.6) is 0 Å². The van der Waals surface area contributed by atoms with Crippen molar-refractivity contribution in [2.75, 3.05) is 31.3 Å². The Bertz CT molecular complexity index is 1450. The van der Waals surface area contributed by atoms with E-state index in [0.717, 1.165) is 21.3 Å². The van der Waals surface area contributed by atoms with Gasteiger partial charge < -0.3 is 10.2 Å². The number of hydrogen-bond donors (Lipinski definition) is 1. The van der Waals surface area contributed by atoms with Gasteiger partial charge in [0.2, 0.25) is 21.8 Å². The number of carbonyl (C=O) groups is 2. The molecule has 0 bridgehead atoms. The Balaban J connectivity index is 1.80. The molecule has 1 aliphatic heterocycles. The summed E-state index contributed by atoms with van der Waals surface area (Å²) >= 11 is 5.60. The fourth-order valence-corrected chi connectivity index (χ4v) is 6.58. The summed E-state index contributed by atoms with van der Waals surface area (Å²) in [4.78, 5) is 27.3. The van der Waals surface area contributed by atoms with Crippen molar-refractivity contribution in [3.8, 4) is 0 Å². The van der Waals surface area contributed by atoms with E-state index in [9.17, 15) is 57.5 Å². The maximum absolute atomic E-state index is 13.2. The predicted molar refractivity (Wildman–Crippen MR) is 144 cm³/mol. The van der Waals surface area contributed by atoms with Gasteiger partial charge in [0.05, 0.1) is 22.4 Å². The highest BCUT2D eigenvalue weighted by molar-refractivity contribution is 7.89. The summed E-state index contributed by atoms with van der Waals surface area (Å²) < 4.78 is 145. The molecule has 18 heteroatoms. The van der Waals surface area contributed by atoms with Crippen LogP contribution in [0.2, 0.25) is 0 Å². The number of piperazine rings is 1. The first kappa shape index (κ1) is 36.4. The van der Waals surface area contributed by atoms with Crippen molar-refractivity contribution in [1.82, 2.24) is 14.5 Å². The molecule has 2 aromatic carbocycles. The molecular weight excluding hydrogens is 669 g/mol. The van der Waals surface area contributed by atoms with Gasteiger partial charge in [0.1, 0.15) is 6.04 Å². The fraction of sp³-hybridized carbons (Fsp3) is 0.481. The smallest absolute Gasteiger partial charge is 0.351 e. The van der Waals surface area contributed by atoms with Gasteiger partial charge in [-0.25, -0.2) is 8.42 Å². The lowest BCUT2D eigenvalue weighted by Gasteiger charge is -2.39. The van der Waals surface area contributed by atoms with E-state index in [2.05, 4.69) is 5.32 Å². The standard InChI is InChI=1S/C27H27ClF9N3O4S/c28-7-2-10-45(43,44)40-9-8-39(23(41)6-5-17-3-1-4-19(11-17)25(29,30)31)16-22(40)24(42)38-15-18-12-20(26(32,33)34)14-21(13-18)27(35,36)37/h1,3-4,11-14,22H,2,5-10,15-16H2,(H,38,42). The van der Waals surface area contributed by atoms with Gasteiger partial charge in [0.15, 0.2) is 0 Å². The average Bonchev–Trinajstić information content (AvgIpc) is 2.96. The fourth-order valence-electron chi connectivity index (χ4n) is 4.63. The molecule has 45 heavy (non-hydrogen) atoms. The molecule has 3 rings (SSSR count). The Morgan fingerprint density at radius 2 is 1.42 bits per heavy atom. The maximum atomic E-state index is 13.2. The highest BCUT2D eigenvalue weighted by atomic mass is 35.5. The summed E-state index contributed by atoms with van der Waals surface area (Å²) in [6.07, 6.45) is -15.3. The summed E-state index contributed by atoms with van der Waals surface area (Å²) in [5.74, 6) is -2.23. The van der Waals surface area contributed by atoms with E-state index in [0.29, 0.717) is 12.1 Å². The number of sulfonamides is 1. The first-order valence-electron chi connectivity index (χ1n) is 13.3. The van der Waals surface area contributed by atoms with Crippen molar-refractivity contribution in [3.05, 3.63) is 70.3 Å². The molecule has 0 aromatic heterocycles. The van der Waals surface area contributed by atoms with E-state index in [1.807, 2.05) is 0 Å². The summed E-state index contributed by atoms with van der Waals surface area (Å²) in [6, 6.07) is 3.44. The molecule has 0 saturated carbocycles. The van der Waals surface area contributed by atoms with Gasteiger partial charge >= 0.3 is 18.5 Å². The lowest BCUT2D eigenvalue weighted by atomic mass is 10.0. The number of amides is 2. The van der Waals surface area contributed by atoms with Crippen LogP contribution >= 0.6 is 11.6 Å². The molecule has 7 nitrogen and oxygen atoms in total. The molecule has 1 N–H and O–H groups in total. The second-order valence-electron chi connectivity index (χ2n) is 10.2. The quantitative estimate of drug-likeness (QED) is 0.264. The van der Waals surface area contributed by atoms with Gasteiger partial charge in [-0.15, -0.1) is 11.6 Å². The summed E-state index contributed by atoms with van der Waals surface area (Å²) in [6.45, 7) is -1.92. The molecule has 0 spiro atoms. The Labute approximate surface area is 257 Å². The van der Waals surface area contributed by atoms with Gasteiger partial charge in [-0.3, -0.25) is 9.59 Å². The molecule has 2 amide bonds. The van der Waals surface area contributed by atoms with Crippen molar-refractivity contribution in [2.24, 2.45) is 0 Å². The average molecular weight is 696 g/mol. The van der Waals surface area contributed by atoms with Crippen molar-refractivity contribution < 1.29 is 57.5 Å². The number of nitrogens with zero attached hydrogens (tertiary/aromatic N) is 2. The highest BCUT2D eigenvalue weighted by Crippen LogP contribution is 2.36. The molecule has 1 saturated heterocycles. The van der Waals surface area contributed by atoms with Crippen LogP contribution in [-0.4, -0.2) is 66.7 Å². The number of hydrogen-bond acceptors (Lipinski definition) is 4. The molecule has 1 heterocycles. The molecule has 0 radical (unpaired) electrons. The molecule has 0 aliphatic carbocycles. The number of rotatable bonds is 10. The zero-order chi connectivity index (χ0) is 33.8. The Kier molecular flexibility index (Phi) is 11.5. The SMILES string of the molecule is O=C(NCc1cc(C(F)(F)F)cc(C(F)(F)F)c1)C1CN(C(=O)CCc2cccc(C(F)(F)F)c2)CCN1S(=O)(=O)CCCCl. The topological polar surface area (TPSA) is 86.8 Å². The molecule has 1 aliphatic rings. The lowest BCUT2D eigenvalue weighted by molar-refractivity contribution is -0.143. The molecule has 1 fully saturated rings. The van der Waals surface area contributed by atoms with Gasteiger partial charge in [-0.2, -0.15) is 43.8 Å².